The number of hydrogen-bond acceptors (Lipinski definition) is 2. The van der Waals surface area contributed by atoms with Crippen LogP contribution in [0, 0.1) is 19.8 Å². The van der Waals surface area contributed by atoms with Gasteiger partial charge in [0.1, 0.15) is 0 Å². The monoisotopic (exact) mass is 234 g/mol. The van der Waals surface area contributed by atoms with Gasteiger partial charge >= 0.3 is 5.97 Å². The van der Waals surface area contributed by atoms with E-state index in [0.717, 1.165) is 0 Å². The molecule has 0 aliphatic heterocycles. The predicted molar refractivity (Wildman–Crippen MR) is 70.1 cm³/mol. The smallest absolute Gasteiger partial charge is 0.306 e. The number of benzene rings is 1. The molecule has 1 unspecified atom stereocenters. The first kappa shape index (κ1) is 13.8. The van der Waals surface area contributed by atoms with E-state index in [9.17, 15) is 4.79 Å². The molecule has 0 bridgehead atoms. The molecule has 0 aliphatic rings. The number of rotatable bonds is 4. The minimum absolute atomic E-state index is 0.135. The van der Waals surface area contributed by atoms with Crippen molar-refractivity contribution in [2.75, 3.05) is 7.11 Å². The van der Waals surface area contributed by atoms with Crippen molar-refractivity contribution in [1.29, 1.82) is 0 Å². The molecule has 94 valence electrons. The molecule has 0 N–H and O–H groups in total. The standard InChI is InChI=1S/C15H22O2/c1-10(2)13(9-15(16)17-5)14-8-11(3)6-7-12(14)4/h6-8,10,13H,9H2,1-5H3. The lowest BCUT2D eigenvalue weighted by molar-refractivity contribution is -0.141. The van der Waals surface area contributed by atoms with Crippen molar-refractivity contribution in [3.05, 3.63) is 34.9 Å². The zero-order valence-electron chi connectivity index (χ0n) is 11.4. The SMILES string of the molecule is COC(=O)CC(c1cc(C)ccc1C)C(C)C. The maximum Gasteiger partial charge on any atom is 0.306 e. The van der Waals surface area contributed by atoms with Gasteiger partial charge in [0, 0.05) is 0 Å². The van der Waals surface area contributed by atoms with E-state index in [0.29, 0.717) is 12.3 Å². The van der Waals surface area contributed by atoms with Gasteiger partial charge in [0.25, 0.3) is 0 Å². The van der Waals surface area contributed by atoms with Crippen LogP contribution in [0.1, 0.15) is 42.9 Å². The Hall–Kier alpha value is -1.31. The molecule has 0 heterocycles. The second kappa shape index (κ2) is 5.85. The predicted octanol–water partition coefficient (Wildman–Crippen LogP) is 3.61. The average molecular weight is 234 g/mol. The van der Waals surface area contributed by atoms with Crippen LogP contribution in [-0.2, 0) is 9.53 Å². The summed E-state index contributed by atoms with van der Waals surface area (Å²) in [4.78, 5) is 11.5. The molecule has 2 heteroatoms. The molecule has 2 nitrogen and oxygen atoms in total. The van der Waals surface area contributed by atoms with Crippen molar-refractivity contribution >= 4 is 5.97 Å². The second-order valence-electron chi connectivity index (χ2n) is 4.99. The van der Waals surface area contributed by atoms with Gasteiger partial charge in [-0.2, -0.15) is 0 Å². The van der Waals surface area contributed by atoms with Gasteiger partial charge in [0.2, 0.25) is 0 Å². The fraction of sp³-hybridized carbons (Fsp3) is 0.533. The summed E-state index contributed by atoms with van der Waals surface area (Å²) in [7, 11) is 1.45. The zero-order valence-corrected chi connectivity index (χ0v) is 11.4. The zero-order chi connectivity index (χ0) is 13.0. The normalized spacial score (nSPS) is 12.6. The van der Waals surface area contributed by atoms with Crippen LogP contribution >= 0.6 is 0 Å². The van der Waals surface area contributed by atoms with Gasteiger partial charge < -0.3 is 4.74 Å². The highest BCUT2D eigenvalue weighted by Crippen LogP contribution is 2.31. The lowest BCUT2D eigenvalue weighted by Gasteiger charge is -2.22. The third-order valence-corrected chi connectivity index (χ3v) is 3.25. The summed E-state index contributed by atoms with van der Waals surface area (Å²) in [5.41, 5.74) is 3.75. The summed E-state index contributed by atoms with van der Waals surface area (Å²) in [6.45, 7) is 8.48. The van der Waals surface area contributed by atoms with Crippen molar-refractivity contribution in [1.82, 2.24) is 0 Å². The Morgan fingerprint density at radius 3 is 2.47 bits per heavy atom. The molecule has 1 aromatic rings. The highest BCUT2D eigenvalue weighted by atomic mass is 16.5. The Morgan fingerprint density at radius 2 is 1.94 bits per heavy atom. The van der Waals surface area contributed by atoms with Gasteiger partial charge in [0.15, 0.2) is 0 Å². The summed E-state index contributed by atoms with van der Waals surface area (Å²) in [5, 5.41) is 0. The summed E-state index contributed by atoms with van der Waals surface area (Å²) in [6.07, 6.45) is 0.457. The number of carbonyl (C=O) groups is 1. The van der Waals surface area contributed by atoms with Gasteiger partial charge in [-0.05, 0) is 36.8 Å². The van der Waals surface area contributed by atoms with Gasteiger partial charge in [-0.3, -0.25) is 4.79 Å². The third-order valence-electron chi connectivity index (χ3n) is 3.25. The molecule has 0 aromatic heterocycles. The van der Waals surface area contributed by atoms with Gasteiger partial charge in [-0.1, -0.05) is 37.6 Å². The van der Waals surface area contributed by atoms with Crippen molar-refractivity contribution < 1.29 is 9.53 Å². The van der Waals surface area contributed by atoms with Gasteiger partial charge in [0.05, 0.1) is 13.5 Å². The summed E-state index contributed by atoms with van der Waals surface area (Å²) in [5.74, 6) is 0.529. The number of carbonyl (C=O) groups excluding carboxylic acids is 1. The Morgan fingerprint density at radius 1 is 1.29 bits per heavy atom. The molecule has 1 rings (SSSR count). The molecule has 0 aliphatic carbocycles. The first-order valence-corrected chi connectivity index (χ1v) is 6.09. The first-order valence-electron chi connectivity index (χ1n) is 6.09. The molecule has 17 heavy (non-hydrogen) atoms. The van der Waals surface area contributed by atoms with E-state index in [1.165, 1.54) is 23.8 Å². The number of hydrogen-bond donors (Lipinski definition) is 0. The van der Waals surface area contributed by atoms with Crippen LogP contribution in [0.25, 0.3) is 0 Å². The molecule has 0 saturated carbocycles. The van der Waals surface area contributed by atoms with Crippen LogP contribution in [0.4, 0.5) is 0 Å². The Labute approximate surface area is 104 Å². The summed E-state index contributed by atoms with van der Waals surface area (Å²) in [6, 6.07) is 6.41. The Kier molecular flexibility index (Phi) is 4.73. The van der Waals surface area contributed by atoms with E-state index in [4.69, 9.17) is 4.74 Å². The second-order valence-corrected chi connectivity index (χ2v) is 4.99. The van der Waals surface area contributed by atoms with Crippen LogP contribution in [0.5, 0.6) is 0 Å². The molecule has 0 radical (unpaired) electrons. The van der Waals surface area contributed by atoms with E-state index in [2.05, 4.69) is 45.9 Å². The minimum atomic E-state index is -0.135. The lowest BCUT2D eigenvalue weighted by atomic mass is 9.83. The van der Waals surface area contributed by atoms with Gasteiger partial charge in [-0.15, -0.1) is 0 Å². The number of methoxy groups -OCH3 is 1. The Bertz CT molecular complexity index is 394. The molecular formula is C15H22O2. The topological polar surface area (TPSA) is 26.3 Å². The van der Waals surface area contributed by atoms with Crippen molar-refractivity contribution in [3.63, 3.8) is 0 Å². The molecule has 1 aromatic carbocycles. The maximum atomic E-state index is 11.5. The van der Waals surface area contributed by atoms with Crippen LogP contribution in [0.15, 0.2) is 18.2 Å². The van der Waals surface area contributed by atoms with E-state index < -0.39 is 0 Å². The van der Waals surface area contributed by atoms with E-state index in [-0.39, 0.29) is 11.9 Å². The average Bonchev–Trinajstić information content (AvgIpc) is 2.28. The molecule has 0 saturated heterocycles. The molecular weight excluding hydrogens is 212 g/mol. The third kappa shape index (κ3) is 3.58. The van der Waals surface area contributed by atoms with Gasteiger partial charge in [-0.25, -0.2) is 0 Å². The summed E-state index contributed by atoms with van der Waals surface area (Å²) < 4.78 is 4.78. The number of aryl methyl sites for hydroxylation is 2. The first-order chi connectivity index (χ1) is 7.95. The molecule has 0 spiro atoms. The van der Waals surface area contributed by atoms with Crippen LogP contribution in [0.3, 0.4) is 0 Å². The van der Waals surface area contributed by atoms with Crippen LogP contribution in [-0.4, -0.2) is 13.1 Å². The van der Waals surface area contributed by atoms with Crippen LogP contribution < -0.4 is 0 Å². The Balaban J connectivity index is 3.05. The van der Waals surface area contributed by atoms with E-state index in [1.54, 1.807) is 0 Å². The van der Waals surface area contributed by atoms with Crippen molar-refractivity contribution in [3.8, 4) is 0 Å². The molecule has 0 amide bonds. The summed E-state index contributed by atoms with van der Waals surface area (Å²) >= 11 is 0. The minimum Gasteiger partial charge on any atom is -0.469 e. The fourth-order valence-corrected chi connectivity index (χ4v) is 2.13. The largest absolute Gasteiger partial charge is 0.469 e. The number of esters is 1. The lowest BCUT2D eigenvalue weighted by Crippen LogP contribution is -2.15. The highest BCUT2D eigenvalue weighted by Gasteiger charge is 2.21. The van der Waals surface area contributed by atoms with E-state index in [1.807, 2.05) is 0 Å². The quantitative estimate of drug-likeness (QED) is 0.744. The van der Waals surface area contributed by atoms with Crippen molar-refractivity contribution in [2.45, 2.75) is 40.0 Å². The molecule has 0 fully saturated rings. The fourth-order valence-electron chi connectivity index (χ4n) is 2.13. The molecule has 1 atom stereocenters. The van der Waals surface area contributed by atoms with E-state index >= 15 is 0 Å². The number of ether oxygens (including phenoxy) is 1. The van der Waals surface area contributed by atoms with Crippen molar-refractivity contribution in [2.24, 2.45) is 5.92 Å². The van der Waals surface area contributed by atoms with Crippen LogP contribution in [0.2, 0.25) is 0 Å². The highest BCUT2D eigenvalue weighted by molar-refractivity contribution is 5.70. The maximum absolute atomic E-state index is 11.5.